The van der Waals surface area contributed by atoms with Crippen molar-refractivity contribution in [3.63, 3.8) is 0 Å². The molecule has 0 spiro atoms. The number of imide groups is 1. The highest BCUT2D eigenvalue weighted by molar-refractivity contribution is 6.05. The smallest absolute Gasteiger partial charge is 0.410 e. The van der Waals surface area contributed by atoms with Gasteiger partial charge in [0.2, 0.25) is 11.8 Å². The Morgan fingerprint density at radius 2 is 1.95 bits per heavy atom. The van der Waals surface area contributed by atoms with E-state index in [2.05, 4.69) is 27.2 Å². The van der Waals surface area contributed by atoms with Gasteiger partial charge >= 0.3 is 6.09 Å². The quantitative estimate of drug-likeness (QED) is 0.140. The first kappa shape index (κ1) is 29.0. The zero-order valence-corrected chi connectivity index (χ0v) is 23.3. The topological polar surface area (TPSA) is 145 Å². The van der Waals surface area contributed by atoms with Crippen LogP contribution >= 0.6 is 0 Å². The van der Waals surface area contributed by atoms with Gasteiger partial charge in [0, 0.05) is 54.1 Å². The number of unbranched alkanes of at least 4 members (excludes halogenated alkanes) is 1. The first-order valence-electron chi connectivity index (χ1n) is 13.9. The number of hydrogen-bond acceptors (Lipinski definition) is 6. The van der Waals surface area contributed by atoms with Crippen molar-refractivity contribution in [2.75, 3.05) is 6.54 Å². The average molecular weight is 549 g/mol. The van der Waals surface area contributed by atoms with Crippen molar-refractivity contribution in [3.05, 3.63) is 45.3 Å². The molecule has 4 amide bonds. The largest absolute Gasteiger partial charge is 0.444 e. The molecule has 212 valence electrons. The third-order valence-corrected chi connectivity index (χ3v) is 7.46. The molecule has 0 radical (unpaired) electrons. The molecule has 1 saturated carbocycles. The van der Waals surface area contributed by atoms with E-state index >= 15 is 0 Å². The highest BCUT2D eigenvalue weighted by Crippen LogP contribution is 2.30. The summed E-state index contributed by atoms with van der Waals surface area (Å²) in [6.45, 7) is 6.30. The molecule has 11 heteroatoms. The van der Waals surface area contributed by atoms with Crippen LogP contribution in [0.3, 0.4) is 0 Å². The minimum Gasteiger partial charge on any atom is -0.444 e. The maximum Gasteiger partial charge on any atom is 0.410 e. The molecule has 1 saturated heterocycles. The van der Waals surface area contributed by atoms with Gasteiger partial charge in [0.15, 0.2) is 0 Å². The van der Waals surface area contributed by atoms with Crippen molar-refractivity contribution < 1.29 is 23.9 Å². The van der Waals surface area contributed by atoms with Gasteiger partial charge in [0.05, 0.1) is 0 Å². The number of carbonyl (C=O) groups excluding carboxylic acids is 4. The van der Waals surface area contributed by atoms with Crippen LogP contribution in [0.15, 0.2) is 23.3 Å². The fourth-order valence-electron chi connectivity index (χ4n) is 5.50. The molecule has 1 aromatic rings. The molecule has 0 bridgehead atoms. The lowest BCUT2D eigenvalue weighted by molar-refractivity contribution is -0.136. The first-order chi connectivity index (χ1) is 19.1. The molecule has 2 heterocycles. The van der Waals surface area contributed by atoms with Crippen LogP contribution in [0, 0.1) is 11.8 Å². The van der Waals surface area contributed by atoms with Crippen molar-refractivity contribution in [3.8, 4) is 11.8 Å². The van der Waals surface area contributed by atoms with E-state index < -0.39 is 17.6 Å². The Hall–Kier alpha value is -4.03. The Bertz CT molecular complexity index is 1280. The molecule has 4 rings (SSSR count). The summed E-state index contributed by atoms with van der Waals surface area (Å²) in [5.41, 5.74) is 10.2. The number of carbonyl (C=O) groups is 4. The molecule has 1 unspecified atom stereocenters. The van der Waals surface area contributed by atoms with Gasteiger partial charge in [0.25, 0.3) is 5.91 Å². The maximum atomic E-state index is 13.0. The van der Waals surface area contributed by atoms with Gasteiger partial charge in [-0.25, -0.2) is 4.79 Å². The van der Waals surface area contributed by atoms with Gasteiger partial charge in [-0.05, 0) is 82.5 Å². The molecule has 3 aliphatic rings. The lowest BCUT2D eigenvalue weighted by Gasteiger charge is -2.36. The summed E-state index contributed by atoms with van der Waals surface area (Å²) < 4.78 is 5.67. The molecule has 1 aromatic carbocycles. The zero-order valence-electron chi connectivity index (χ0n) is 23.3. The number of hydrogen-bond donors (Lipinski definition) is 1. The molecular weight excluding hydrogens is 512 g/mol. The van der Waals surface area contributed by atoms with Crippen molar-refractivity contribution in [1.82, 2.24) is 15.1 Å². The van der Waals surface area contributed by atoms with E-state index in [0.717, 1.165) is 36.8 Å². The van der Waals surface area contributed by atoms with Crippen molar-refractivity contribution in [2.45, 2.75) is 102 Å². The third kappa shape index (κ3) is 6.93. The SMILES string of the molecule is CC(C)(C)OC(=O)N(CCCC#Cc1cccc2c1CN(C1CCC(=O)NC1=O)C2=O)[C@H]1CC[C@@H](N=[N+]=[N-])CC1. The predicted octanol–water partition coefficient (Wildman–Crippen LogP) is 4.44. The van der Waals surface area contributed by atoms with Crippen LogP contribution in [-0.2, 0) is 20.9 Å². The van der Waals surface area contributed by atoms with Crippen LogP contribution in [0.4, 0.5) is 4.79 Å². The molecule has 40 heavy (non-hydrogen) atoms. The Morgan fingerprint density at radius 1 is 1.20 bits per heavy atom. The summed E-state index contributed by atoms with van der Waals surface area (Å²) in [5.74, 6) is 5.39. The fraction of sp³-hybridized carbons (Fsp3) is 0.586. The molecule has 11 nitrogen and oxygen atoms in total. The Morgan fingerprint density at radius 3 is 2.62 bits per heavy atom. The number of rotatable bonds is 6. The predicted molar refractivity (Wildman–Crippen MR) is 147 cm³/mol. The normalized spacial score (nSPS) is 22.4. The number of benzene rings is 1. The van der Waals surface area contributed by atoms with Gasteiger partial charge in [-0.15, -0.1) is 0 Å². The Balaban J connectivity index is 1.39. The lowest BCUT2D eigenvalue weighted by Crippen LogP contribution is -2.52. The van der Waals surface area contributed by atoms with Crippen LogP contribution in [0.1, 0.15) is 93.6 Å². The highest BCUT2D eigenvalue weighted by atomic mass is 16.6. The van der Waals surface area contributed by atoms with Gasteiger partial charge in [-0.2, -0.15) is 0 Å². The molecule has 0 aromatic heterocycles. The second-order valence-corrected chi connectivity index (χ2v) is 11.5. The van der Waals surface area contributed by atoms with Crippen LogP contribution in [0.5, 0.6) is 0 Å². The summed E-state index contributed by atoms with van der Waals surface area (Å²) in [7, 11) is 0. The number of piperidine rings is 1. The summed E-state index contributed by atoms with van der Waals surface area (Å²) in [6.07, 6.45) is 4.35. The molecule has 1 aliphatic carbocycles. The molecule has 2 fully saturated rings. The Kier molecular flexibility index (Phi) is 9.00. The van der Waals surface area contributed by atoms with Crippen molar-refractivity contribution in [1.29, 1.82) is 0 Å². The van der Waals surface area contributed by atoms with E-state index in [0.29, 0.717) is 31.4 Å². The lowest BCUT2D eigenvalue weighted by atomic mass is 9.90. The van der Waals surface area contributed by atoms with E-state index in [4.69, 9.17) is 10.3 Å². The monoisotopic (exact) mass is 548 g/mol. The van der Waals surface area contributed by atoms with Crippen molar-refractivity contribution in [2.24, 2.45) is 5.11 Å². The Labute approximate surface area is 234 Å². The summed E-state index contributed by atoms with van der Waals surface area (Å²) >= 11 is 0. The molecule has 1 atom stereocenters. The zero-order chi connectivity index (χ0) is 28.9. The summed E-state index contributed by atoms with van der Waals surface area (Å²) in [6, 6.07) is 4.71. The van der Waals surface area contributed by atoms with Crippen LogP contribution < -0.4 is 5.32 Å². The van der Waals surface area contributed by atoms with E-state index in [1.54, 1.807) is 17.0 Å². The third-order valence-electron chi connectivity index (χ3n) is 7.46. The highest BCUT2D eigenvalue weighted by Gasteiger charge is 2.39. The summed E-state index contributed by atoms with van der Waals surface area (Å²) in [4.78, 5) is 56.2. The number of nitrogens with zero attached hydrogens (tertiary/aromatic N) is 5. The number of azide groups is 1. The molecular formula is C29H36N6O5. The van der Waals surface area contributed by atoms with Gasteiger partial charge in [-0.3, -0.25) is 19.7 Å². The molecule has 2 aliphatic heterocycles. The summed E-state index contributed by atoms with van der Waals surface area (Å²) in [5, 5.41) is 6.16. The van der Waals surface area contributed by atoms with E-state index in [9.17, 15) is 19.2 Å². The van der Waals surface area contributed by atoms with E-state index in [1.807, 2.05) is 26.8 Å². The van der Waals surface area contributed by atoms with Crippen molar-refractivity contribution >= 4 is 23.8 Å². The second kappa shape index (κ2) is 12.4. The van der Waals surface area contributed by atoms with Crippen LogP contribution in [0.25, 0.3) is 10.4 Å². The standard InChI is InChI=1S/C29H36N6O5/c1-29(2,3)40-28(39)34(21-13-11-20(12-14-21)32-33-30)17-6-4-5-8-19-9-7-10-22-23(19)18-35(27(22)38)24-15-16-25(36)31-26(24)37/h7,9-10,20-21,24H,4,6,11-18H2,1-3H3,(H,31,36,37)/t20-,21+,24?. The van der Waals surface area contributed by atoms with E-state index in [1.165, 1.54) is 4.90 Å². The van der Waals surface area contributed by atoms with Gasteiger partial charge in [0.1, 0.15) is 11.6 Å². The van der Waals surface area contributed by atoms with Crippen LogP contribution in [-0.4, -0.2) is 63.9 Å². The minimum absolute atomic E-state index is 0.0228. The molecule has 1 N–H and O–H groups in total. The first-order valence-corrected chi connectivity index (χ1v) is 13.9. The number of nitrogens with one attached hydrogen (secondary N) is 1. The van der Waals surface area contributed by atoms with E-state index in [-0.39, 0.29) is 43.0 Å². The van der Waals surface area contributed by atoms with Crippen LogP contribution in [0.2, 0.25) is 0 Å². The number of amides is 4. The number of fused-ring (bicyclic) bond motifs is 1. The van der Waals surface area contributed by atoms with Gasteiger partial charge in [-0.1, -0.05) is 23.0 Å². The second-order valence-electron chi connectivity index (χ2n) is 11.5. The van der Waals surface area contributed by atoms with Gasteiger partial charge < -0.3 is 14.5 Å². The minimum atomic E-state index is -0.668. The number of ether oxygens (including phenoxy) is 1. The average Bonchev–Trinajstić information content (AvgIpc) is 3.23. The maximum absolute atomic E-state index is 13.0. The fourth-order valence-corrected chi connectivity index (χ4v) is 5.50.